The normalized spacial score (nSPS) is 10.7. The van der Waals surface area contributed by atoms with Crippen LogP contribution in [-0.4, -0.2) is 19.5 Å². The molecule has 0 N–H and O–H groups in total. The van der Waals surface area contributed by atoms with Crippen LogP contribution in [0.5, 0.6) is 0 Å². The highest BCUT2D eigenvalue weighted by molar-refractivity contribution is 5.67. The third-order valence-electron chi connectivity index (χ3n) is 4.04. The second-order valence-corrected chi connectivity index (χ2v) is 5.57. The van der Waals surface area contributed by atoms with Gasteiger partial charge in [0.1, 0.15) is 5.82 Å². The Morgan fingerprint density at radius 2 is 1.54 bits per heavy atom. The highest BCUT2D eigenvalue weighted by Gasteiger charge is 2.11. The van der Waals surface area contributed by atoms with Crippen LogP contribution in [0.25, 0.3) is 33.9 Å². The van der Waals surface area contributed by atoms with E-state index >= 15 is 0 Å². The fraction of sp³-hybridized carbons (Fsp3) is 0.0500. The molecule has 3 aromatic heterocycles. The maximum absolute atomic E-state index is 4.59. The van der Waals surface area contributed by atoms with Crippen LogP contribution >= 0.6 is 0 Å². The lowest BCUT2D eigenvalue weighted by atomic mass is 10.1. The van der Waals surface area contributed by atoms with Crippen molar-refractivity contribution in [2.45, 2.75) is 0 Å². The maximum atomic E-state index is 4.59. The van der Waals surface area contributed by atoms with Crippen LogP contribution in [0.2, 0.25) is 0 Å². The van der Waals surface area contributed by atoms with Crippen LogP contribution in [0.3, 0.4) is 0 Å². The number of hydrogen-bond donors (Lipinski definition) is 0. The first-order valence-corrected chi connectivity index (χ1v) is 7.77. The zero-order valence-corrected chi connectivity index (χ0v) is 13.3. The fourth-order valence-corrected chi connectivity index (χ4v) is 2.77. The van der Waals surface area contributed by atoms with Crippen molar-refractivity contribution in [1.29, 1.82) is 0 Å². The summed E-state index contributed by atoms with van der Waals surface area (Å²) in [4.78, 5) is 13.3. The molecule has 4 rings (SSSR count). The van der Waals surface area contributed by atoms with Gasteiger partial charge in [0.05, 0.1) is 17.6 Å². The summed E-state index contributed by atoms with van der Waals surface area (Å²) in [5.41, 5.74) is 5.15. The first-order chi connectivity index (χ1) is 11.8. The summed E-state index contributed by atoms with van der Waals surface area (Å²) < 4.78 is 2.07. The van der Waals surface area contributed by atoms with E-state index in [1.165, 1.54) is 0 Å². The second-order valence-electron chi connectivity index (χ2n) is 5.57. The van der Waals surface area contributed by atoms with Gasteiger partial charge in [-0.25, -0.2) is 4.98 Å². The first kappa shape index (κ1) is 14.3. The lowest BCUT2D eigenvalue weighted by Crippen LogP contribution is -1.96. The second kappa shape index (κ2) is 6.08. The molecular formula is C20H16N4. The number of pyridine rings is 2. The molecule has 1 aromatic carbocycles. The van der Waals surface area contributed by atoms with Crippen LogP contribution in [-0.2, 0) is 7.05 Å². The topological polar surface area (TPSA) is 43.6 Å². The van der Waals surface area contributed by atoms with E-state index in [4.69, 9.17) is 0 Å². The molecule has 0 fully saturated rings. The van der Waals surface area contributed by atoms with Crippen molar-refractivity contribution in [2.75, 3.05) is 0 Å². The van der Waals surface area contributed by atoms with Crippen molar-refractivity contribution in [3.63, 3.8) is 0 Å². The molecule has 0 atom stereocenters. The highest BCUT2D eigenvalue weighted by Crippen LogP contribution is 2.26. The van der Waals surface area contributed by atoms with Gasteiger partial charge in [0, 0.05) is 42.3 Å². The molecule has 24 heavy (non-hydrogen) atoms. The van der Waals surface area contributed by atoms with Gasteiger partial charge >= 0.3 is 0 Å². The lowest BCUT2D eigenvalue weighted by Gasteiger charge is -2.07. The van der Waals surface area contributed by atoms with E-state index in [2.05, 4.69) is 37.7 Å². The molecule has 0 saturated heterocycles. The molecule has 0 aliphatic carbocycles. The van der Waals surface area contributed by atoms with Gasteiger partial charge in [0.25, 0.3) is 0 Å². The molecule has 0 aliphatic heterocycles. The van der Waals surface area contributed by atoms with Gasteiger partial charge in [-0.05, 0) is 24.3 Å². The molecule has 0 spiro atoms. The van der Waals surface area contributed by atoms with Crippen molar-refractivity contribution in [3.05, 3.63) is 79.4 Å². The van der Waals surface area contributed by atoms with Crippen LogP contribution < -0.4 is 0 Å². The average molecular weight is 312 g/mol. The van der Waals surface area contributed by atoms with Gasteiger partial charge in [0.2, 0.25) is 0 Å². The Bertz CT molecular complexity index is 942. The summed E-state index contributed by atoms with van der Waals surface area (Å²) in [6.07, 6.45) is 7.36. The van der Waals surface area contributed by atoms with Gasteiger partial charge in [0.15, 0.2) is 0 Å². The predicted octanol–water partition coefficient (Wildman–Crippen LogP) is 4.21. The Kier molecular flexibility index (Phi) is 3.63. The molecule has 0 bridgehead atoms. The van der Waals surface area contributed by atoms with Gasteiger partial charge in [-0.3, -0.25) is 9.97 Å². The fourth-order valence-electron chi connectivity index (χ4n) is 2.77. The molecule has 0 radical (unpaired) electrons. The van der Waals surface area contributed by atoms with E-state index in [-0.39, 0.29) is 0 Å². The summed E-state index contributed by atoms with van der Waals surface area (Å²) in [7, 11) is 2.01. The van der Waals surface area contributed by atoms with Crippen LogP contribution in [0, 0.1) is 0 Å². The first-order valence-electron chi connectivity index (χ1n) is 7.77. The van der Waals surface area contributed by atoms with E-state index in [1.54, 1.807) is 6.20 Å². The maximum Gasteiger partial charge on any atom is 0.141 e. The van der Waals surface area contributed by atoms with E-state index in [0.717, 1.165) is 33.9 Å². The van der Waals surface area contributed by atoms with Crippen molar-refractivity contribution in [1.82, 2.24) is 19.5 Å². The molecule has 4 nitrogen and oxygen atoms in total. The number of benzene rings is 1. The lowest BCUT2D eigenvalue weighted by molar-refractivity contribution is 0.930. The molecule has 116 valence electrons. The molecule has 0 aliphatic rings. The Labute approximate surface area is 140 Å². The van der Waals surface area contributed by atoms with Crippen LogP contribution in [0.1, 0.15) is 0 Å². The van der Waals surface area contributed by atoms with Crippen molar-refractivity contribution >= 4 is 0 Å². The standard InChI is InChI=1S/C20H16N4/c1-24-19(14-23-20(24)17-8-5-11-21-12-17)16-9-10-18(22-13-16)15-6-3-2-4-7-15/h2-14H,1H3. The van der Waals surface area contributed by atoms with E-state index in [0.29, 0.717) is 0 Å². The Morgan fingerprint density at radius 3 is 2.25 bits per heavy atom. The Balaban J connectivity index is 1.69. The van der Waals surface area contributed by atoms with Crippen molar-refractivity contribution < 1.29 is 0 Å². The van der Waals surface area contributed by atoms with Gasteiger partial charge in [-0.15, -0.1) is 0 Å². The zero-order valence-electron chi connectivity index (χ0n) is 13.3. The average Bonchev–Trinajstić information content (AvgIpc) is 3.05. The molecule has 4 aromatic rings. The van der Waals surface area contributed by atoms with Crippen molar-refractivity contribution in [2.24, 2.45) is 7.05 Å². The number of imidazole rings is 1. The van der Waals surface area contributed by atoms with E-state index in [1.807, 2.05) is 62.0 Å². The minimum atomic E-state index is 0.894. The number of aromatic nitrogens is 4. The largest absolute Gasteiger partial charge is 0.327 e. The van der Waals surface area contributed by atoms with Crippen molar-refractivity contribution in [3.8, 4) is 33.9 Å². The Hall–Kier alpha value is -3.27. The molecular weight excluding hydrogens is 296 g/mol. The molecule has 0 amide bonds. The SMILES string of the molecule is Cn1c(-c2ccc(-c3ccccc3)nc2)cnc1-c1cccnc1. The van der Waals surface area contributed by atoms with E-state index < -0.39 is 0 Å². The molecule has 0 unspecified atom stereocenters. The Morgan fingerprint density at radius 1 is 0.708 bits per heavy atom. The molecule has 0 saturated carbocycles. The monoisotopic (exact) mass is 312 g/mol. The minimum absolute atomic E-state index is 0.894. The van der Waals surface area contributed by atoms with Crippen LogP contribution in [0.4, 0.5) is 0 Å². The summed E-state index contributed by atoms with van der Waals surface area (Å²) in [6.45, 7) is 0. The number of nitrogens with zero attached hydrogens (tertiary/aromatic N) is 4. The molecule has 4 heteroatoms. The third-order valence-corrected chi connectivity index (χ3v) is 4.04. The van der Waals surface area contributed by atoms with Crippen LogP contribution in [0.15, 0.2) is 79.4 Å². The number of hydrogen-bond acceptors (Lipinski definition) is 3. The third kappa shape index (κ3) is 2.58. The van der Waals surface area contributed by atoms with E-state index in [9.17, 15) is 0 Å². The minimum Gasteiger partial charge on any atom is -0.327 e. The summed E-state index contributed by atoms with van der Waals surface area (Å²) >= 11 is 0. The predicted molar refractivity (Wildman–Crippen MR) is 95.1 cm³/mol. The zero-order chi connectivity index (χ0) is 16.4. The summed E-state index contributed by atoms with van der Waals surface area (Å²) in [5.74, 6) is 0.894. The highest BCUT2D eigenvalue weighted by atomic mass is 15.1. The molecule has 3 heterocycles. The smallest absolute Gasteiger partial charge is 0.141 e. The van der Waals surface area contributed by atoms with Gasteiger partial charge < -0.3 is 4.57 Å². The van der Waals surface area contributed by atoms with Gasteiger partial charge in [-0.2, -0.15) is 0 Å². The quantitative estimate of drug-likeness (QED) is 0.569. The summed E-state index contributed by atoms with van der Waals surface area (Å²) in [6, 6.07) is 18.2. The number of rotatable bonds is 3. The summed E-state index contributed by atoms with van der Waals surface area (Å²) in [5, 5.41) is 0. The van der Waals surface area contributed by atoms with Gasteiger partial charge in [-0.1, -0.05) is 30.3 Å².